The van der Waals surface area contributed by atoms with Gasteiger partial charge in [0.1, 0.15) is 17.5 Å². The molecule has 19 heavy (non-hydrogen) atoms. The topological polar surface area (TPSA) is 12.0 Å². The largest absolute Gasteiger partial charge is 0.378 e. The zero-order valence-corrected chi connectivity index (χ0v) is 10.9. The maximum absolute atomic E-state index is 13.6. The molecule has 0 saturated carbocycles. The van der Waals surface area contributed by atoms with Crippen LogP contribution in [0.25, 0.3) is 0 Å². The highest BCUT2D eigenvalue weighted by molar-refractivity contribution is 6.30. The second kappa shape index (κ2) is 5.53. The maximum atomic E-state index is 13.6. The fourth-order valence-electron chi connectivity index (χ4n) is 1.66. The van der Waals surface area contributed by atoms with Gasteiger partial charge in [-0.1, -0.05) is 23.7 Å². The summed E-state index contributed by atoms with van der Waals surface area (Å²) in [4.78, 5) is 0. The molecule has 2 aromatic carbocycles. The smallest absolute Gasteiger partial charge is 0.146 e. The quantitative estimate of drug-likeness (QED) is 0.863. The molecule has 0 radical (unpaired) electrons. The molecule has 1 nitrogen and oxygen atoms in total. The van der Waals surface area contributed by atoms with E-state index < -0.39 is 17.5 Å². The first kappa shape index (κ1) is 13.7. The molecular formula is C14H11ClF3N. The van der Waals surface area contributed by atoms with Crippen LogP contribution in [0, 0.1) is 24.4 Å². The van der Waals surface area contributed by atoms with Gasteiger partial charge in [0.05, 0.1) is 10.7 Å². The van der Waals surface area contributed by atoms with Crippen molar-refractivity contribution >= 4 is 17.3 Å². The Morgan fingerprint density at radius 2 is 1.84 bits per heavy atom. The van der Waals surface area contributed by atoms with Crippen molar-refractivity contribution in [3.8, 4) is 0 Å². The van der Waals surface area contributed by atoms with E-state index in [1.807, 2.05) is 0 Å². The van der Waals surface area contributed by atoms with Crippen molar-refractivity contribution in [3.63, 3.8) is 0 Å². The molecule has 0 aliphatic heterocycles. The zero-order valence-electron chi connectivity index (χ0n) is 10.1. The number of hydrogen-bond donors (Lipinski definition) is 1. The fraction of sp³-hybridized carbons (Fsp3) is 0.143. The maximum Gasteiger partial charge on any atom is 0.146 e. The molecule has 0 aliphatic carbocycles. The highest BCUT2D eigenvalue weighted by Crippen LogP contribution is 2.22. The van der Waals surface area contributed by atoms with E-state index >= 15 is 0 Å². The van der Waals surface area contributed by atoms with Crippen LogP contribution in [0.4, 0.5) is 18.9 Å². The lowest BCUT2D eigenvalue weighted by Crippen LogP contribution is -2.04. The van der Waals surface area contributed by atoms with Crippen molar-refractivity contribution in [3.05, 3.63) is 63.9 Å². The van der Waals surface area contributed by atoms with Crippen LogP contribution >= 0.6 is 11.6 Å². The lowest BCUT2D eigenvalue weighted by molar-refractivity contribution is 0.593. The van der Waals surface area contributed by atoms with Gasteiger partial charge in [0.2, 0.25) is 0 Å². The molecule has 100 valence electrons. The second-order valence-corrected chi connectivity index (χ2v) is 4.55. The summed E-state index contributed by atoms with van der Waals surface area (Å²) in [6.07, 6.45) is 0. The average Bonchev–Trinajstić information content (AvgIpc) is 2.37. The molecular weight excluding hydrogens is 275 g/mol. The van der Waals surface area contributed by atoms with Crippen LogP contribution < -0.4 is 5.32 Å². The van der Waals surface area contributed by atoms with Gasteiger partial charge in [-0.2, -0.15) is 0 Å². The van der Waals surface area contributed by atoms with Crippen LogP contribution in [-0.4, -0.2) is 0 Å². The third-order valence-corrected chi connectivity index (χ3v) is 3.04. The summed E-state index contributed by atoms with van der Waals surface area (Å²) in [7, 11) is 0. The minimum atomic E-state index is -0.582. The monoisotopic (exact) mass is 285 g/mol. The van der Waals surface area contributed by atoms with Crippen LogP contribution in [-0.2, 0) is 6.54 Å². The van der Waals surface area contributed by atoms with Gasteiger partial charge < -0.3 is 5.32 Å². The summed E-state index contributed by atoms with van der Waals surface area (Å²) < 4.78 is 40.5. The highest BCUT2D eigenvalue weighted by Gasteiger charge is 2.09. The predicted octanol–water partition coefficient (Wildman–Crippen LogP) is 4.68. The van der Waals surface area contributed by atoms with E-state index in [4.69, 9.17) is 11.6 Å². The molecule has 0 bridgehead atoms. The lowest BCUT2D eigenvalue weighted by Gasteiger charge is -2.10. The van der Waals surface area contributed by atoms with Crippen LogP contribution in [0.3, 0.4) is 0 Å². The molecule has 0 aliphatic rings. The number of halogens is 4. The highest BCUT2D eigenvalue weighted by atomic mass is 35.5. The van der Waals surface area contributed by atoms with Gasteiger partial charge in [0.15, 0.2) is 0 Å². The third kappa shape index (κ3) is 3.01. The Balaban J connectivity index is 2.19. The fourth-order valence-corrected chi connectivity index (χ4v) is 1.85. The molecule has 0 atom stereocenters. The summed E-state index contributed by atoms with van der Waals surface area (Å²) in [5, 5.41) is 2.65. The minimum Gasteiger partial charge on any atom is -0.378 e. The third-order valence-electron chi connectivity index (χ3n) is 2.75. The molecule has 0 unspecified atom stereocenters. The van der Waals surface area contributed by atoms with Gasteiger partial charge in [-0.25, -0.2) is 13.2 Å². The lowest BCUT2D eigenvalue weighted by atomic mass is 10.1. The van der Waals surface area contributed by atoms with Crippen molar-refractivity contribution < 1.29 is 13.2 Å². The molecule has 0 amide bonds. The van der Waals surface area contributed by atoms with Gasteiger partial charge in [0, 0.05) is 18.2 Å². The van der Waals surface area contributed by atoms with Gasteiger partial charge in [-0.05, 0) is 24.6 Å². The van der Waals surface area contributed by atoms with Crippen molar-refractivity contribution in [2.24, 2.45) is 0 Å². The molecule has 2 rings (SSSR count). The molecule has 5 heteroatoms. The van der Waals surface area contributed by atoms with Crippen molar-refractivity contribution in [2.45, 2.75) is 13.5 Å². The first-order valence-electron chi connectivity index (χ1n) is 5.61. The molecule has 0 saturated heterocycles. The number of nitrogens with one attached hydrogen (secondary N) is 1. The van der Waals surface area contributed by atoms with Gasteiger partial charge in [0.25, 0.3) is 0 Å². The van der Waals surface area contributed by atoms with Crippen molar-refractivity contribution in [2.75, 3.05) is 5.32 Å². The summed E-state index contributed by atoms with van der Waals surface area (Å²) in [6, 6.07) is 6.68. The molecule has 0 aromatic heterocycles. The Morgan fingerprint density at radius 1 is 1.11 bits per heavy atom. The van der Waals surface area contributed by atoms with Crippen LogP contribution in [0.15, 0.2) is 30.3 Å². The zero-order chi connectivity index (χ0) is 14.0. The van der Waals surface area contributed by atoms with E-state index in [0.29, 0.717) is 0 Å². The molecule has 0 spiro atoms. The number of rotatable bonds is 3. The van der Waals surface area contributed by atoms with Gasteiger partial charge in [-0.3, -0.25) is 0 Å². The SMILES string of the molecule is Cc1cc(F)c(NCc2cccc(Cl)c2F)cc1F. The minimum absolute atomic E-state index is 0.00476. The van der Waals surface area contributed by atoms with E-state index in [1.165, 1.54) is 19.1 Å². The van der Waals surface area contributed by atoms with Crippen LogP contribution in [0.5, 0.6) is 0 Å². The number of aryl methyl sites for hydroxylation is 1. The summed E-state index contributed by atoms with van der Waals surface area (Å²) in [5.74, 6) is -1.67. The van der Waals surface area contributed by atoms with E-state index in [1.54, 1.807) is 6.07 Å². The standard InChI is InChI=1S/C14H11ClF3N/c1-8-5-12(17)13(6-11(8)16)19-7-9-3-2-4-10(15)14(9)18/h2-6,19H,7H2,1H3. The first-order valence-corrected chi connectivity index (χ1v) is 5.99. The molecule has 0 fully saturated rings. The number of anilines is 1. The predicted molar refractivity (Wildman–Crippen MR) is 69.8 cm³/mol. The summed E-state index contributed by atoms with van der Waals surface area (Å²) in [5.41, 5.74) is 0.493. The van der Waals surface area contributed by atoms with E-state index in [2.05, 4.69) is 5.32 Å². The van der Waals surface area contributed by atoms with Gasteiger partial charge in [-0.15, -0.1) is 0 Å². The summed E-state index contributed by atoms with van der Waals surface area (Å²) in [6.45, 7) is 1.49. The van der Waals surface area contributed by atoms with Crippen LogP contribution in [0.2, 0.25) is 5.02 Å². The normalized spacial score (nSPS) is 10.6. The number of hydrogen-bond acceptors (Lipinski definition) is 1. The Morgan fingerprint density at radius 3 is 2.58 bits per heavy atom. The van der Waals surface area contributed by atoms with Gasteiger partial charge >= 0.3 is 0 Å². The Labute approximate surface area is 114 Å². The van der Waals surface area contributed by atoms with E-state index in [-0.39, 0.29) is 28.4 Å². The summed E-state index contributed by atoms with van der Waals surface area (Å²) >= 11 is 5.64. The van der Waals surface area contributed by atoms with E-state index in [0.717, 1.165) is 12.1 Å². The van der Waals surface area contributed by atoms with Crippen LogP contribution in [0.1, 0.15) is 11.1 Å². The first-order chi connectivity index (χ1) is 8.99. The van der Waals surface area contributed by atoms with E-state index in [9.17, 15) is 13.2 Å². The molecule has 1 N–H and O–H groups in total. The second-order valence-electron chi connectivity index (χ2n) is 4.15. The number of benzene rings is 2. The Kier molecular flexibility index (Phi) is 4.00. The Bertz CT molecular complexity index is 614. The Hall–Kier alpha value is -1.68. The van der Waals surface area contributed by atoms with Crippen molar-refractivity contribution in [1.29, 1.82) is 0 Å². The van der Waals surface area contributed by atoms with Crippen molar-refractivity contribution in [1.82, 2.24) is 0 Å². The average molecular weight is 286 g/mol. The molecule has 0 heterocycles. The molecule has 2 aromatic rings.